The third kappa shape index (κ3) is 2.41. The Labute approximate surface area is 108 Å². The molecular formula is C11H11N5O3. The van der Waals surface area contributed by atoms with E-state index in [1.165, 1.54) is 13.1 Å². The van der Waals surface area contributed by atoms with Gasteiger partial charge in [-0.15, -0.1) is 0 Å². The molecule has 2 rings (SSSR count). The third-order valence-corrected chi connectivity index (χ3v) is 2.55. The number of nitrogens with zero attached hydrogens (tertiary/aromatic N) is 3. The first-order chi connectivity index (χ1) is 9.00. The SMILES string of the molecule is Cc1cccnc1NC(=O)c1n[nH]c(C)c1[N+](=O)[O-]. The van der Waals surface area contributed by atoms with E-state index in [1.807, 2.05) is 0 Å². The van der Waals surface area contributed by atoms with Crippen LogP contribution in [0.2, 0.25) is 0 Å². The first-order valence-electron chi connectivity index (χ1n) is 5.43. The first kappa shape index (κ1) is 12.7. The van der Waals surface area contributed by atoms with Gasteiger partial charge < -0.3 is 5.32 Å². The van der Waals surface area contributed by atoms with Gasteiger partial charge in [0.25, 0.3) is 5.91 Å². The number of anilines is 1. The number of rotatable bonds is 3. The summed E-state index contributed by atoms with van der Waals surface area (Å²) in [7, 11) is 0. The zero-order valence-electron chi connectivity index (χ0n) is 10.3. The minimum atomic E-state index is -0.669. The van der Waals surface area contributed by atoms with Crippen molar-refractivity contribution in [2.24, 2.45) is 0 Å². The van der Waals surface area contributed by atoms with Crippen LogP contribution < -0.4 is 5.32 Å². The van der Waals surface area contributed by atoms with E-state index in [2.05, 4.69) is 20.5 Å². The summed E-state index contributed by atoms with van der Waals surface area (Å²) in [4.78, 5) is 26.2. The molecule has 0 fully saturated rings. The molecule has 2 N–H and O–H groups in total. The van der Waals surface area contributed by atoms with Gasteiger partial charge in [-0.05, 0) is 25.5 Å². The summed E-state index contributed by atoms with van der Waals surface area (Å²) in [6, 6.07) is 3.50. The number of hydrogen-bond acceptors (Lipinski definition) is 5. The Morgan fingerprint density at radius 2 is 2.21 bits per heavy atom. The van der Waals surface area contributed by atoms with Crippen LogP contribution in [-0.2, 0) is 0 Å². The van der Waals surface area contributed by atoms with Crippen LogP contribution in [0.5, 0.6) is 0 Å². The maximum atomic E-state index is 12.0. The first-order valence-corrected chi connectivity index (χ1v) is 5.43. The van der Waals surface area contributed by atoms with Crippen LogP contribution in [0.25, 0.3) is 0 Å². The molecule has 0 aliphatic carbocycles. The lowest BCUT2D eigenvalue weighted by Gasteiger charge is -2.04. The van der Waals surface area contributed by atoms with Gasteiger partial charge in [0.15, 0.2) is 0 Å². The van der Waals surface area contributed by atoms with Crippen molar-refractivity contribution >= 4 is 17.4 Å². The lowest BCUT2D eigenvalue weighted by molar-refractivity contribution is -0.385. The molecule has 0 bridgehead atoms. The number of aromatic nitrogens is 3. The van der Waals surface area contributed by atoms with Crippen molar-refractivity contribution in [2.45, 2.75) is 13.8 Å². The van der Waals surface area contributed by atoms with E-state index >= 15 is 0 Å². The number of pyridine rings is 1. The highest BCUT2D eigenvalue weighted by Crippen LogP contribution is 2.21. The molecule has 1 amide bonds. The van der Waals surface area contributed by atoms with Gasteiger partial charge in [-0.2, -0.15) is 5.10 Å². The highest BCUT2D eigenvalue weighted by atomic mass is 16.6. The second kappa shape index (κ2) is 4.84. The number of carbonyl (C=O) groups excluding carboxylic acids is 1. The summed E-state index contributed by atoms with van der Waals surface area (Å²) in [5.41, 5.74) is 0.400. The van der Waals surface area contributed by atoms with Gasteiger partial charge in [-0.1, -0.05) is 6.07 Å². The minimum Gasteiger partial charge on any atom is -0.305 e. The van der Waals surface area contributed by atoms with E-state index in [4.69, 9.17) is 0 Å². The van der Waals surface area contributed by atoms with Gasteiger partial charge in [-0.25, -0.2) is 4.98 Å². The van der Waals surface area contributed by atoms with Gasteiger partial charge in [0.1, 0.15) is 11.5 Å². The maximum absolute atomic E-state index is 12.0. The summed E-state index contributed by atoms with van der Waals surface area (Å²) in [5, 5.41) is 19.5. The van der Waals surface area contributed by atoms with E-state index in [1.54, 1.807) is 19.1 Å². The summed E-state index contributed by atoms with van der Waals surface area (Å²) in [6.07, 6.45) is 1.52. The summed E-state index contributed by atoms with van der Waals surface area (Å²) in [5.74, 6) is -0.319. The van der Waals surface area contributed by atoms with Crippen LogP contribution in [0, 0.1) is 24.0 Å². The van der Waals surface area contributed by atoms with Crippen molar-refractivity contribution in [1.82, 2.24) is 15.2 Å². The molecule has 0 saturated carbocycles. The quantitative estimate of drug-likeness (QED) is 0.643. The average Bonchev–Trinajstić information content (AvgIpc) is 2.74. The van der Waals surface area contributed by atoms with E-state index in [-0.39, 0.29) is 17.1 Å². The Bertz CT molecular complexity index is 650. The van der Waals surface area contributed by atoms with Crippen LogP contribution in [0.4, 0.5) is 11.5 Å². The number of aryl methyl sites for hydroxylation is 2. The molecule has 19 heavy (non-hydrogen) atoms. The third-order valence-electron chi connectivity index (χ3n) is 2.55. The molecule has 0 saturated heterocycles. The maximum Gasteiger partial charge on any atom is 0.322 e. The molecule has 0 unspecified atom stereocenters. The molecular weight excluding hydrogens is 250 g/mol. The van der Waals surface area contributed by atoms with E-state index < -0.39 is 10.8 Å². The van der Waals surface area contributed by atoms with Gasteiger partial charge in [0, 0.05) is 6.20 Å². The second-order valence-corrected chi connectivity index (χ2v) is 3.93. The fraction of sp³-hybridized carbons (Fsp3) is 0.182. The fourth-order valence-corrected chi connectivity index (χ4v) is 1.59. The summed E-state index contributed by atoms with van der Waals surface area (Å²) >= 11 is 0. The van der Waals surface area contributed by atoms with Crippen molar-refractivity contribution in [3.63, 3.8) is 0 Å². The van der Waals surface area contributed by atoms with E-state index in [9.17, 15) is 14.9 Å². The zero-order chi connectivity index (χ0) is 14.0. The molecule has 98 valence electrons. The predicted octanol–water partition coefficient (Wildman–Crippen LogP) is 1.58. The number of nitrogens with one attached hydrogen (secondary N) is 2. The topological polar surface area (TPSA) is 114 Å². The zero-order valence-corrected chi connectivity index (χ0v) is 10.3. The summed E-state index contributed by atoms with van der Waals surface area (Å²) < 4.78 is 0. The van der Waals surface area contributed by atoms with Crippen molar-refractivity contribution in [3.05, 3.63) is 45.4 Å². The molecule has 2 aromatic heterocycles. The Kier molecular flexibility index (Phi) is 3.23. The fourth-order valence-electron chi connectivity index (χ4n) is 1.59. The molecule has 0 aliphatic heterocycles. The van der Waals surface area contributed by atoms with E-state index in [0.29, 0.717) is 5.82 Å². The molecule has 8 nitrogen and oxygen atoms in total. The van der Waals surface area contributed by atoms with Crippen LogP contribution in [0.3, 0.4) is 0 Å². The lowest BCUT2D eigenvalue weighted by atomic mass is 10.2. The highest BCUT2D eigenvalue weighted by molar-refractivity contribution is 6.05. The molecule has 0 aromatic carbocycles. The monoisotopic (exact) mass is 261 g/mol. The molecule has 0 atom stereocenters. The smallest absolute Gasteiger partial charge is 0.305 e. The van der Waals surface area contributed by atoms with E-state index in [0.717, 1.165) is 5.56 Å². The second-order valence-electron chi connectivity index (χ2n) is 3.93. The molecule has 2 heterocycles. The van der Waals surface area contributed by atoms with Crippen molar-refractivity contribution < 1.29 is 9.72 Å². The number of amides is 1. The molecule has 0 spiro atoms. The van der Waals surface area contributed by atoms with Crippen LogP contribution in [0.1, 0.15) is 21.7 Å². The average molecular weight is 261 g/mol. The Balaban J connectivity index is 2.31. The normalized spacial score (nSPS) is 10.2. The van der Waals surface area contributed by atoms with Crippen LogP contribution in [-0.4, -0.2) is 26.0 Å². The van der Waals surface area contributed by atoms with Gasteiger partial charge in [-0.3, -0.25) is 20.0 Å². The number of aromatic amines is 1. The molecule has 8 heteroatoms. The van der Waals surface area contributed by atoms with Crippen LogP contribution >= 0.6 is 0 Å². The Morgan fingerprint density at radius 1 is 1.47 bits per heavy atom. The largest absolute Gasteiger partial charge is 0.322 e. The Morgan fingerprint density at radius 3 is 2.84 bits per heavy atom. The van der Waals surface area contributed by atoms with Crippen molar-refractivity contribution in [3.8, 4) is 0 Å². The number of nitro groups is 1. The Hall–Kier alpha value is -2.77. The molecule has 2 aromatic rings. The number of H-pyrrole nitrogens is 1. The lowest BCUT2D eigenvalue weighted by Crippen LogP contribution is -2.15. The number of hydrogen-bond donors (Lipinski definition) is 2. The number of carbonyl (C=O) groups is 1. The molecule has 0 radical (unpaired) electrons. The minimum absolute atomic E-state index is 0.230. The standard InChI is InChI=1S/C11H11N5O3/c1-6-4-3-5-12-10(6)13-11(17)8-9(16(18)19)7(2)14-15-8/h3-5H,1-2H3,(H,14,15)(H,12,13,17). The van der Waals surface area contributed by atoms with Crippen molar-refractivity contribution in [1.29, 1.82) is 0 Å². The predicted molar refractivity (Wildman–Crippen MR) is 66.9 cm³/mol. The van der Waals surface area contributed by atoms with Crippen LogP contribution in [0.15, 0.2) is 18.3 Å². The summed E-state index contributed by atoms with van der Waals surface area (Å²) in [6.45, 7) is 3.25. The molecule has 0 aliphatic rings. The van der Waals surface area contributed by atoms with Crippen molar-refractivity contribution in [2.75, 3.05) is 5.32 Å². The van der Waals surface area contributed by atoms with Gasteiger partial charge in [0.2, 0.25) is 5.69 Å². The highest BCUT2D eigenvalue weighted by Gasteiger charge is 2.27. The van der Waals surface area contributed by atoms with Gasteiger partial charge in [0.05, 0.1) is 4.92 Å². The van der Waals surface area contributed by atoms with Gasteiger partial charge >= 0.3 is 5.69 Å².